The molecule has 0 aliphatic rings. The summed E-state index contributed by atoms with van der Waals surface area (Å²) >= 11 is 0. The molecule has 2 rings (SSSR count). The summed E-state index contributed by atoms with van der Waals surface area (Å²) in [5.41, 5.74) is 1.75. The summed E-state index contributed by atoms with van der Waals surface area (Å²) in [5, 5.41) is 21.5. The molecule has 3 nitrogen and oxygen atoms in total. The molecule has 0 aromatic heterocycles. The lowest BCUT2D eigenvalue weighted by Gasteiger charge is -2.09. The maximum Gasteiger partial charge on any atom is 0.157 e. The number of hydrogen-bond acceptors (Lipinski definition) is 3. The van der Waals surface area contributed by atoms with Gasteiger partial charge in [-0.3, -0.25) is 0 Å². The van der Waals surface area contributed by atoms with Crippen molar-refractivity contribution in [2.75, 3.05) is 5.32 Å². The standard InChI is InChI=1S/C14H14FNO2/c1-9-3-2-4-11(14(9)15)16-8-10-5-6-12(17)13(18)7-10/h2-7,16-18H,8H2,1H3. The summed E-state index contributed by atoms with van der Waals surface area (Å²) in [7, 11) is 0. The molecule has 3 N–H and O–H groups in total. The van der Waals surface area contributed by atoms with Gasteiger partial charge in [-0.15, -0.1) is 0 Å². The highest BCUT2D eigenvalue weighted by Crippen LogP contribution is 2.25. The van der Waals surface area contributed by atoms with E-state index in [0.717, 1.165) is 5.56 Å². The fourth-order valence-corrected chi connectivity index (χ4v) is 1.66. The first-order chi connectivity index (χ1) is 8.58. The second-order valence-corrected chi connectivity index (χ2v) is 4.11. The summed E-state index contributed by atoms with van der Waals surface area (Å²) in [6.45, 7) is 2.07. The summed E-state index contributed by atoms with van der Waals surface area (Å²) in [6.07, 6.45) is 0. The van der Waals surface area contributed by atoms with Crippen LogP contribution >= 0.6 is 0 Å². The van der Waals surface area contributed by atoms with E-state index in [0.29, 0.717) is 17.8 Å². The third kappa shape index (κ3) is 2.53. The Kier molecular flexibility index (Phi) is 3.37. The molecule has 2 aromatic carbocycles. The number of phenols is 2. The van der Waals surface area contributed by atoms with Crippen LogP contribution in [-0.4, -0.2) is 10.2 Å². The topological polar surface area (TPSA) is 52.5 Å². The van der Waals surface area contributed by atoms with Crippen LogP contribution in [-0.2, 0) is 6.54 Å². The van der Waals surface area contributed by atoms with Gasteiger partial charge in [-0.05, 0) is 36.2 Å². The van der Waals surface area contributed by atoms with Gasteiger partial charge in [-0.2, -0.15) is 0 Å². The Morgan fingerprint density at radius 1 is 1.11 bits per heavy atom. The summed E-state index contributed by atoms with van der Waals surface area (Å²) < 4.78 is 13.7. The van der Waals surface area contributed by atoms with Gasteiger partial charge < -0.3 is 15.5 Å². The van der Waals surface area contributed by atoms with Gasteiger partial charge >= 0.3 is 0 Å². The molecule has 0 saturated carbocycles. The Labute approximate surface area is 105 Å². The molecular formula is C14H14FNO2. The quantitative estimate of drug-likeness (QED) is 0.730. The molecule has 2 aromatic rings. The molecule has 0 unspecified atom stereocenters. The smallest absolute Gasteiger partial charge is 0.157 e. The zero-order valence-corrected chi connectivity index (χ0v) is 9.94. The van der Waals surface area contributed by atoms with E-state index >= 15 is 0 Å². The maximum absolute atomic E-state index is 13.7. The number of benzene rings is 2. The lowest BCUT2D eigenvalue weighted by atomic mass is 10.1. The molecule has 0 spiro atoms. The van der Waals surface area contributed by atoms with E-state index in [-0.39, 0.29) is 17.3 Å². The number of nitrogens with one attached hydrogen (secondary N) is 1. The number of halogens is 1. The molecule has 0 saturated heterocycles. The van der Waals surface area contributed by atoms with Gasteiger partial charge in [0, 0.05) is 6.54 Å². The molecule has 0 fully saturated rings. The van der Waals surface area contributed by atoms with Gasteiger partial charge in [-0.25, -0.2) is 4.39 Å². The SMILES string of the molecule is Cc1cccc(NCc2ccc(O)c(O)c2)c1F. The predicted octanol–water partition coefficient (Wildman–Crippen LogP) is 3.16. The third-order valence-electron chi connectivity index (χ3n) is 2.71. The van der Waals surface area contributed by atoms with E-state index in [2.05, 4.69) is 5.32 Å². The minimum absolute atomic E-state index is 0.166. The molecule has 0 amide bonds. The summed E-state index contributed by atoms with van der Waals surface area (Å²) in [5.74, 6) is -0.625. The van der Waals surface area contributed by atoms with Crippen LogP contribution < -0.4 is 5.32 Å². The third-order valence-corrected chi connectivity index (χ3v) is 2.71. The highest BCUT2D eigenvalue weighted by atomic mass is 19.1. The van der Waals surface area contributed by atoms with Crippen molar-refractivity contribution >= 4 is 5.69 Å². The minimum atomic E-state index is -0.277. The Hall–Kier alpha value is -2.23. The van der Waals surface area contributed by atoms with Crippen LogP contribution in [0.1, 0.15) is 11.1 Å². The van der Waals surface area contributed by atoms with E-state index in [1.165, 1.54) is 12.1 Å². The average Bonchev–Trinajstić information content (AvgIpc) is 2.35. The predicted molar refractivity (Wildman–Crippen MR) is 68.2 cm³/mol. The van der Waals surface area contributed by atoms with Crippen LogP contribution in [0.4, 0.5) is 10.1 Å². The van der Waals surface area contributed by atoms with Crippen LogP contribution in [0.5, 0.6) is 11.5 Å². The number of rotatable bonds is 3. The number of anilines is 1. The Morgan fingerprint density at radius 2 is 1.89 bits per heavy atom. The zero-order chi connectivity index (χ0) is 13.1. The zero-order valence-electron chi connectivity index (χ0n) is 9.94. The summed E-state index contributed by atoms with van der Waals surface area (Å²) in [6, 6.07) is 9.63. The lowest BCUT2D eigenvalue weighted by molar-refractivity contribution is 0.403. The summed E-state index contributed by atoms with van der Waals surface area (Å²) in [4.78, 5) is 0. The van der Waals surface area contributed by atoms with Crippen molar-refractivity contribution in [3.63, 3.8) is 0 Å². The van der Waals surface area contributed by atoms with Crippen molar-refractivity contribution in [1.82, 2.24) is 0 Å². The molecule has 0 atom stereocenters. The number of phenolic OH excluding ortho intramolecular Hbond substituents is 2. The number of hydrogen-bond donors (Lipinski definition) is 3. The van der Waals surface area contributed by atoms with Gasteiger partial charge in [0.1, 0.15) is 5.82 Å². The minimum Gasteiger partial charge on any atom is -0.504 e. The molecule has 0 aliphatic carbocycles. The average molecular weight is 247 g/mol. The van der Waals surface area contributed by atoms with E-state index in [1.54, 1.807) is 31.2 Å². The Morgan fingerprint density at radius 3 is 2.61 bits per heavy atom. The Bertz CT molecular complexity index is 570. The second-order valence-electron chi connectivity index (χ2n) is 4.11. The van der Waals surface area contributed by atoms with Crippen molar-refractivity contribution in [2.45, 2.75) is 13.5 Å². The monoisotopic (exact) mass is 247 g/mol. The first-order valence-corrected chi connectivity index (χ1v) is 5.58. The first kappa shape index (κ1) is 12.2. The van der Waals surface area contributed by atoms with Gasteiger partial charge in [0.25, 0.3) is 0 Å². The molecule has 18 heavy (non-hydrogen) atoms. The lowest BCUT2D eigenvalue weighted by Crippen LogP contribution is -2.02. The van der Waals surface area contributed by atoms with E-state index in [9.17, 15) is 14.6 Å². The molecule has 0 bridgehead atoms. The van der Waals surface area contributed by atoms with E-state index in [4.69, 9.17) is 0 Å². The molecule has 94 valence electrons. The fourth-order valence-electron chi connectivity index (χ4n) is 1.66. The van der Waals surface area contributed by atoms with Gasteiger partial charge in [0.05, 0.1) is 5.69 Å². The van der Waals surface area contributed by atoms with Crippen molar-refractivity contribution in [2.24, 2.45) is 0 Å². The molecule has 4 heteroatoms. The van der Waals surface area contributed by atoms with E-state index in [1.807, 2.05) is 0 Å². The highest BCUT2D eigenvalue weighted by molar-refractivity contribution is 5.48. The largest absolute Gasteiger partial charge is 0.504 e. The van der Waals surface area contributed by atoms with Gasteiger partial charge in [0.2, 0.25) is 0 Å². The normalized spacial score (nSPS) is 10.3. The van der Waals surface area contributed by atoms with E-state index < -0.39 is 0 Å². The fraction of sp³-hybridized carbons (Fsp3) is 0.143. The van der Waals surface area contributed by atoms with Gasteiger partial charge in [-0.1, -0.05) is 18.2 Å². The highest BCUT2D eigenvalue weighted by Gasteiger charge is 2.05. The van der Waals surface area contributed by atoms with Crippen LogP contribution in [0, 0.1) is 12.7 Å². The van der Waals surface area contributed by atoms with Crippen LogP contribution in [0.3, 0.4) is 0 Å². The van der Waals surface area contributed by atoms with Crippen molar-refractivity contribution in [3.8, 4) is 11.5 Å². The number of aromatic hydroxyl groups is 2. The van der Waals surface area contributed by atoms with Crippen LogP contribution in [0.2, 0.25) is 0 Å². The first-order valence-electron chi connectivity index (χ1n) is 5.58. The second kappa shape index (κ2) is 4.96. The molecule has 0 radical (unpaired) electrons. The molecule has 0 heterocycles. The Balaban J connectivity index is 2.11. The molecule has 0 aliphatic heterocycles. The van der Waals surface area contributed by atoms with Gasteiger partial charge in [0.15, 0.2) is 11.5 Å². The van der Waals surface area contributed by atoms with Crippen LogP contribution in [0.15, 0.2) is 36.4 Å². The van der Waals surface area contributed by atoms with Crippen LogP contribution in [0.25, 0.3) is 0 Å². The molecular weight excluding hydrogens is 233 g/mol. The van der Waals surface area contributed by atoms with Crippen molar-refractivity contribution in [1.29, 1.82) is 0 Å². The van der Waals surface area contributed by atoms with Crippen molar-refractivity contribution in [3.05, 3.63) is 53.3 Å². The van der Waals surface area contributed by atoms with Crippen molar-refractivity contribution < 1.29 is 14.6 Å². The number of aryl methyl sites for hydroxylation is 1. The maximum atomic E-state index is 13.7.